The van der Waals surface area contributed by atoms with Gasteiger partial charge in [-0.1, -0.05) is 0 Å². The van der Waals surface area contributed by atoms with Crippen molar-refractivity contribution < 1.29 is 22.3 Å². The maximum absolute atomic E-state index is 13.2. The van der Waals surface area contributed by atoms with E-state index in [1.165, 1.54) is 28.8 Å². The highest BCUT2D eigenvalue weighted by atomic mass is 32.2. The lowest BCUT2D eigenvalue weighted by molar-refractivity contribution is 0.306. The Kier molecular flexibility index (Phi) is 6.28. The average Bonchev–Trinajstić information content (AvgIpc) is 3.21. The van der Waals surface area contributed by atoms with Gasteiger partial charge in [-0.25, -0.2) is 17.5 Å². The van der Waals surface area contributed by atoms with Crippen molar-refractivity contribution in [2.24, 2.45) is 0 Å². The van der Waals surface area contributed by atoms with E-state index in [4.69, 9.17) is 9.47 Å². The van der Waals surface area contributed by atoms with E-state index in [2.05, 4.69) is 20.0 Å². The summed E-state index contributed by atoms with van der Waals surface area (Å²) in [7, 11) is -3.68. The minimum Gasteiger partial charge on any atom is -0.494 e. The Bertz CT molecular complexity index is 1310. The number of ether oxygens (including phenoxy) is 2. The quantitative estimate of drug-likeness (QED) is 0.385. The van der Waals surface area contributed by atoms with Crippen molar-refractivity contribution in [3.8, 4) is 23.0 Å². The summed E-state index contributed by atoms with van der Waals surface area (Å²) in [6, 6.07) is 15.3. The van der Waals surface area contributed by atoms with E-state index in [1.807, 2.05) is 6.92 Å². The molecule has 0 spiro atoms. The SMILES string of the molecule is CCOc1ccc(S(=O)(=O)NCCOc2ccc3nnc(-c4ccc(F)cc4)n3n2)cc1. The first-order chi connectivity index (χ1) is 15.5. The number of hydrogen-bond donors (Lipinski definition) is 1. The molecule has 2 aromatic carbocycles. The zero-order valence-corrected chi connectivity index (χ0v) is 17.9. The maximum atomic E-state index is 13.2. The number of nitrogens with zero attached hydrogens (tertiary/aromatic N) is 4. The largest absolute Gasteiger partial charge is 0.494 e. The van der Waals surface area contributed by atoms with Gasteiger partial charge in [0.2, 0.25) is 15.9 Å². The second-order valence-corrected chi connectivity index (χ2v) is 8.39. The molecule has 1 N–H and O–H groups in total. The van der Waals surface area contributed by atoms with Gasteiger partial charge in [0.25, 0.3) is 0 Å². The lowest BCUT2D eigenvalue weighted by Gasteiger charge is -2.09. The van der Waals surface area contributed by atoms with E-state index in [9.17, 15) is 12.8 Å². The number of sulfonamides is 1. The Morgan fingerprint density at radius 1 is 0.969 bits per heavy atom. The molecule has 11 heteroatoms. The molecular formula is C21H20FN5O4S. The molecule has 0 unspecified atom stereocenters. The summed E-state index contributed by atoms with van der Waals surface area (Å²) in [4.78, 5) is 0.133. The topological polar surface area (TPSA) is 108 Å². The Morgan fingerprint density at radius 2 is 1.72 bits per heavy atom. The zero-order chi connectivity index (χ0) is 22.6. The van der Waals surface area contributed by atoms with Crippen LogP contribution in [-0.2, 0) is 10.0 Å². The molecule has 0 radical (unpaired) electrons. The van der Waals surface area contributed by atoms with Crippen molar-refractivity contribution in [3.05, 3.63) is 66.5 Å². The first-order valence-electron chi connectivity index (χ1n) is 9.80. The van der Waals surface area contributed by atoms with Crippen molar-refractivity contribution >= 4 is 15.7 Å². The summed E-state index contributed by atoms with van der Waals surface area (Å²) in [5.74, 6) is 0.945. The molecule has 0 aliphatic carbocycles. The van der Waals surface area contributed by atoms with Crippen LogP contribution in [-0.4, -0.2) is 48.0 Å². The van der Waals surface area contributed by atoms with Crippen LogP contribution in [0.2, 0.25) is 0 Å². The molecule has 0 atom stereocenters. The third-order valence-electron chi connectivity index (χ3n) is 4.43. The van der Waals surface area contributed by atoms with E-state index in [1.54, 1.807) is 36.4 Å². The van der Waals surface area contributed by atoms with E-state index in [0.717, 1.165) is 0 Å². The highest BCUT2D eigenvalue weighted by molar-refractivity contribution is 7.89. The first kappa shape index (κ1) is 21.7. The van der Waals surface area contributed by atoms with Crippen LogP contribution < -0.4 is 14.2 Å². The van der Waals surface area contributed by atoms with Crippen molar-refractivity contribution in [3.63, 3.8) is 0 Å². The molecule has 0 fully saturated rings. The van der Waals surface area contributed by atoms with Crippen LogP contribution in [0.15, 0.2) is 65.6 Å². The van der Waals surface area contributed by atoms with Gasteiger partial charge < -0.3 is 9.47 Å². The highest BCUT2D eigenvalue weighted by Gasteiger charge is 2.14. The number of nitrogens with one attached hydrogen (secondary N) is 1. The summed E-state index contributed by atoms with van der Waals surface area (Å²) < 4.78 is 52.9. The van der Waals surface area contributed by atoms with Gasteiger partial charge in [0.05, 0.1) is 11.5 Å². The molecule has 0 aliphatic heterocycles. The fourth-order valence-electron chi connectivity index (χ4n) is 2.92. The normalized spacial score (nSPS) is 11.6. The molecule has 0 amide bonds. The third-order valence-corrected chi connectivity index (χ3v) is 5.91. The minimum absolute atomic E-state index is 0.0439. The summed E-state index contributed by atoms with van der Waals surface area (Å²) in [5.41, 5.74) is 1.14. The van der Waals surface area contributed by atoms with Gasteiger partial charge in [-0.15, -0.1) is 15.3 Å². The summed E-state index contributed by atoms with van der Waals surface area (Å²) in [6.07, 6.45) is 0. The molecule has 166 valence electrons. The molecule has 2 aromatic heterocycles. The number of benzene rings is 2. The van der Waals surface area contributed by atoms with Gasteiger partial charge in [0.1, 0.15) is 18.2 Å². The van der Waals surface area contributed by atoms with Crippen molar-refractivity contribution in [2.75, 3.05) is 19.8 Å². The number of fused-ring (bicyclic) bond motifs is 1. The molecule has 32 heavy (non-hydrogen) atoms. The molecule has 4 aromatic rings. The minimum atomic E-state index is -3.68. The Hall–Kier alpha value is -3.57. The van der Waals surface area contributed by atoms with Gasteiger partial charge >= 0.3 is 0 Å². The van der Waals surface area contributed by atoms with Gasteiger partial charge in [-0.2, -0.15) is 4.52 Å². The molecule has 0 aliphatic rings. The summed E-state index contributed by atoms with van der Waals surface area (Å²) >= 11 is 0. The fraction of sp³-hybridized carbons (Fsp3) is 0.190. The maximum Gasteiger partial charge on any atom is 0.240 e. The zero-order valence-electron chi connectivity index (χ0n) is 17.1. The molecule has 0 saturated carbocycles. The van der Waals surface area contributed by atoms with E-state index in [0.29, 0.717) is 29.4 Å². The summed E-state index contributed by atoms with van der Waals surface area (Å²) in [5, 5.41) is 12.5. The average molecular weight is 457 g/mol. The van der Waals surface area contributed by atoms with Gasteiger partial charge in [-0.05, 0) is 61.5 Å². The van der Waals surface area contributed by atoms with Crippen molar-refractivity contribution in [1.82, 2.24) is 24.5 Å². The van der Waals surface area contributed by atoms with Crippen LogP contribution in [0, 0.1) is 5.82 Å². The molecule has 9 nitrogen and oxygen atoms in total. The standard InChI is InChI=1S/C21H20FN5O4S/c1-2-30-17-7-9-18(10-8-17)32(28,29)23-13-14-31-20-12-11-19-24-25-21(27(19)26-20)15-3-5-16(22)6-4-15/h3-12,23H,2,13-14H2,1H3. The number of halogens is 1. The fourth-order valence-corrected chi connectivity index (χ4v) is 3.94. The second kappa shape index (κ2) is 9.28. The lowest BCUT2D eigenvalue weighted by Crippen LogP contribution is -2.28. The highest BCUT2D eigenvalue weighted by Crippen LogP contribution is 2.19. The molecule has 0 saturated heterocycles. The smallest absolute Gasteiger partial charge is 0.240 e. The number of hydrogen-bond acceptors (Lipinski definition) is 7. The molecule has 0 bridgehead atoms. The predicted octanol–water partition coefficient (Wildman–Crippen LogP) is 2.69. The van der Waals surface area contributed by atoms with E-state index < -0.39 is 10.0 Å². The van der Waals surface area contributed by atoms with Crippen LogP contribution in [0.1, 0.15) is 6.92 Å². The van der Waals surface area contributed by atoms with Crippen LogP contribution in [0.5, 0.6) is 11.6 Å². The predicted molar refractivity (Wildman–Crippen MR) is 114 cm³/mol. The van der Waals surface area contributed by atoms with Crippen LogP contribution >= 0.6 is 0 Å². The van der Waals surface area contributed by atoms with Crippen LogP contribution in [0.25, 0.3) is 17.0 Å². The Balaban J connectivity index is 1.39. The third kappa shape index (κ3) is 4.84. The van der Waals surface area contributed by atoms with Gasteiger partial charge in [0, 0.05) is 18.2 Å². The second-order valence-electron chi connectivity index (χ2n) is 6.62. The van der Waals surface area contributed by atoms with Crippen molar-refractivity contribution in [2.45, 2.75) is 11.8 Å². The van der Waals surface area contributed by atoms with Crippen LogP contribution in [0.4, 0.5) is 4.39 Å². The first-order valence-corrected chi connectivity index (χ1v) is 11.3. The lowest BCUT2D eigenvalue weighted by atomic mass is 10.2. The number of rotatable bonds is 9. The molecule has 2 heterocycles. The summed E-state index contributed by atoms with van der Waals surface area (Å²) in [6.45, 7) is 2.46. The van der Waals surface area contributed by atoms with Crippen molar-refractivity contribution in [1.29, 1.82) is 0 Å². The molecule has 4 rings (SSSR count). The number of aromatic nitrogens is 4. The van der Waals surface area contributed by atoms with E-state index >= 15 is 0 Å². The Labute approximate surface area is 183 Å². The van der Waals surface area contributed by atoms with Gasteiger partial charge in [0.15, 0.2) is 11.5 Å². The monoisotopic (exact) mass is 457 g/mol. The van der Waals surface area contributed by atoms with E-state index in [-0.39, 0.29) is 29.7 Å². The Morgan fingerprint density at radius 3 is 2.44 bits per heavy atom. The van der Waals surface area contributed by atoms with Crippen LogP contribution in [0.3, 0.4) is 0 Å². The molecular weight excluding hydrogens is 437 g/mol. The van der Waals surface area contributed by atoms with Gasteiger partial charge in [-0.3, -0.25) is 0 Å².